The zero-order valence-electron chi connectivity index (χ0n) is 11.7. The summed E-state index contributed by atoms with van der Waals surface area (Å²) in [6, 6.07) is 10.4. The molecule has 3 heteroatoms. The molecule has 100 valence electrons. The normalized spacial score (nSPS) is 12.4. The summed E-state index contributed by atoms with van der Waals surface area (Å²) in [7, 11) is 0. The van der Waals surface area contributed by atoms with E-state index < -0.39 is 0 Å². The van der Waals surface area contributed by atoms with Crippen molar-refractivity contribution in [1.29, 1.82) is 0 Å². The maximum atomic E-state index is 5.20. The maximum absolute atomic E-state index is 5.20. The van der Waals surface area contributed by atoms with Crippen molar-refractivity contribution in [2.24, 2.45) is 0 Å². The second-order valence-corrected chi connectivity index (χ2v) is 4.81. The van der Waals surface area contributed by atoms with Gasteiger partial charge in [0.15, 0.2) is 0 Å². The second kappa shape index (κ2) is 5.85. The van der Waals surface area contributed by atoms with Crippen LogP contribution in [0.15, 0.2) is 41.4 Å². The van der Waals surface area contributed by atoms with Gasteiger partial charge in [-0.3, -0.25) is 0 Å². The van der Waals surface area contributed by atoms with Crippen LogP contribution in [0.2, 0.25) is 0 Å². The van der Waals surface area contributed by atoms with E-state index in [2.05, 4.69) is 36.1 Å². The molecule has 0 amide bonds. The third kappa shape index (κ3) is 3.12. The van der Waals surface area contributed by atoms with E-state index in [1.54, 1.807) is 0 Å². The molecular weight excluding hydrogens is 236 g/mol. The van der Waals surface area contributed by atoms with Gasteiger partial charge in [0.2, 0.25) is 0 Å². The molecule has 1 aromatic carbocycles. The summed E-state index contributed by atoms with van der Waals surface area (Å²) in [5.41, 5.74) is 4.34. The third-order valence-corrected chi connectivity index (χ3v) is 3.33. The van der Waals surface area contributed by atoms with Gasteiger partial charge in [0.25, 0.3) is 0 Å². The Morgan fingerprint density at radius 1 is 1.32 bits per heavy atom. The Hall–Kier alpha value is -1.87. The quantitative estimate of drug-likeness (QED) is 0.887. The van der Waals surface area contributed by atoms with Crippen LogP contribution in [0.5, 0.6) is 0 Å². The van der Waals surface area contributed by atoms with E-state index in [1.165, 1.54) is 5.56 Å². The van der Waals surface area contributed by atoms with Crippen molar-refractivity contribution in [3.05, 3.63) is 59.5 Å². The molecule has 2 aromatic rings. The van der Waals surface area contributed by atoms with Gasteiger partial charge < -0.3 is 9.84 Å². The maximum Gasteiger partial charge on any atom is 0.138 e. The molecule has 1 unspecified atom stereocenters. The SMILES string of the molecule is C=C(CNC(C)c1c(C)noc1C)c1ccccc1. The Kier molecular flexibility index (Phi) is 4.17. The number of nitrogens with zero attached hydrogens (tertiary/aromatic N) is 1. The van der Waals surface area contributed by atoms with Crippen LogP contribution < -0.4 is 5.32 Å². The van der Waals surface area contributed by atoms with E-state index in [9.17, 15) is 0 Å². The molecule has 0 saturated carbocycles. The zero-order chi connectivity index (χ0) is 13.8. The molecule has 0 aliphatic rings. The number of aryl methyl sites for hydroxylation is 2. The lowest BCUT2D eigenvalue weighted by Crippen LogP contribution is -2.21. The fraction of sp³-hybridized carbons (Fsp3) is 0.312. The number of rotatable bonds is 5. The lowest BCUT2D eigenvalue weighted by molar-refractivity contribution is 0.391. The van der Waals surface area contributed by atoms with Gasteiger partial charge >= 0.3 is 0 Å². The first kappa shape index (κ1) is 13.6. The molecule has 0 fully saturated rings. The first-order valence-electron chi connectivity index (χ1n) is 6.49. The summed E-state index contributed by atoms with van der Waals surface area (Å²) in [6.07, 6.45) is 0. The molecule has 19 heavy (non-hydrogen) atoms. The second-order valence-electron chi connectivity index (χ2n) is 4.81. The van der Waals surface area contributed by atoms with Gasteiger partial charge in [-0.1, -0.05) is 42.1 Å². The summed E-state index contributed by atoms with van der Waals surface area (Å²) in [5, 5.41) is 7.45. The van der Waals surface area contributed by atoms with Crippen molar-refractivity contribution in [3.8, 4) is 0 Å². The highest BCUT2D eigenvalue weighted by Crippen LogP contribution is 2.21. The van der Waals surface area contributed by atoms with Gasteiger partial charge in [0.05, 0.1) is 5.69 Å². The predicted molar refractivity (Wildman–Crippen MR) is 77.9 cm³/mol. The number of benzene rings is 1. The number of aromatic nitrogens is 1. The molecule has 0 spiro atoms. The van der Waals surface area contributed by atoms with Crippen molar-refractivity contribution < 1.29 is 4.52 Å². The predicted octanol–water partition coefficient (Wildman–Crippen LogP) is 3.66. The van der Waals surface area contributed by atoms with E-state index in [-0.39, 0.29) is 6.04 Å². The monoisotopic (exact) mass is 256 g/mol. The lowest BCUT2D eigenvalue weighted by Gasteiger charge is -2.15. The van der Waals surface area contributed by atoms with Crippen LogP contribution in [0, 0.1) is 13.8 Å². The largest absolute Gasteiger partial charge is 0.361 e. The van der Waals surface area contributed by atoms with Crippen molar-refractivity contribution in [1.82, 2.24) is 10.5 Å². The molecule has 2 rings (SSSR count). The number of nitrogens with one attached hydrogen (secondary N) is 1. The molecule has 1 heterocycles. The average molecular weight is 256 g/mol. The van der Waals surface area contributed by atoms with Crippen LogP contribution in [0.1, 0.15) is 35.5 Å². The fourth-order valence-electron chi connectivity index (χ4n) is 2.26. The molecule has 0 bridgehead atoms. The summed E-state index contributed by atoms with van der Waals surface area (Å²) >= 11 is 0. The average Bonchev–Trinajstić information content (AvgIpc) is 2.76. The van der Waals surface area contributed by atoms with Gasteiger partial charge in [0, 0.05) is 18.2 Å². The molecule has 0 saturated heterocycles. The minimum atomic E-state index is 0.201. The number of hydrogen-bond acceptors (Lipinski definition) is 3. The highest BCUT2D eigenvalue weighted by Gasteiger charge is 2.15. The van der Waals surface area contributed by atoms with Crippen LogP contribution in [0.3, 0.4) is 0 Å². The molecule has 1 atom stereocenters. The highest BCUT2D eigenvalue weighted by molar-refractivity contribution is 5.64. The molecular formula is C16H20N2O. The van der Waals surface area contributed by atoms with Gasteiger partial charge in [-0.15, -0.1) is 0 Å². The first-order valence-corrected chi connectivity index (χ1v) is 6.49. The molecule has 0 aliphatic heterocycles. The van der Waals surface area contributed by atoms with E-state index in [0.29, 0.717) is 0 Å². The zero-order valence-corrected chi connectivity index (χ0v) is 11.7. The molecule has 0 radical (unpaired) electrons. The van der Waals surface area contributed by atoms with Crippen LogP contribution in [0.25, 0.3) is 5.57 Å². The van der Waals surface area contributed by atoms with Gasteiger partial charge in [-0.2, -0.15) is 0 Å². The van der Waals surface area contributed by atoms with Crippen LogP contribution in [-0.2, 0) is 0 Å². The van der Waals surface area contributed by atoms with E-state index >= 15 is 0 Å². The standard InChI is InChI=1S/C16H20N2O/c1-11(15-8-6-5-7-9-15)10-17-12(2)16-13(3)18-19-14(16)4/h5-9,12,17H,1,10H2,2-4H3. The molecule has 1 N–H and O–H groups in total. The summed E-state index contributed by atoms with van der Waals surface area (Å²) in [6.45, 7) is 10.9. The first-order chi connectivity index (χ1) is 9.09. The van der Waals surface area contributed by atoms with Crippen molar-refractivity contribution in [2.75, 3.05) is 6.54 Å². The Balaban J connectivity index is 1.98. The minimum Gasteiger partial charge on any atom is -0.361 e. The van der Waals surface area contributed by atoms with Crippen molar-refractivity contribution in [3.63, 3.8) is 0 Å². The molecule has 1 aromatic heterocycles. The summed E-state index contributed by atoms with van der Waals surface area (Å²) in [4.78, 5) is 0. The van der Waals surface area contributed by atoms with E-state index in [1.807, 2.05) is 32.0 Å². The van der Waals surface area contributed by atoms with Crippen LogP contribution in [0.4, 0.5) is 0 Å². The lowest BCUT2D eigenvalue weighted by atomic mass is 10.0. The summed E-state index contributed by atoms with van der Waals surface area (Å²) < 4.78 is 5.20. The Bertz CT molecular complexity index is 538. The fourth-order valence-corrected chi connectivity index (χ4v) is 2.26. The van der Waals surface area contributed by atoms with Gasteiger partial charge in [-0.25, -0.2) is 0 Å². The Labute approximate surface area is 114 Å². The number of hydrogen-bond donors (Lipinski definition) is 1. The Morgan fingerprint density at radius 3 is 2.58 bits per heavy atom. The topological polar surface area (TPSA) is 38.1 Å². The van der Waals surface area contributed by atoms with E-state index in [4.69, 9.17) is 4.52 Å². The Morgan fingerprint density at radius 2 is 2.00 bits per heavy atom. The van der Waals surface area contributed by atoms with Crippen molar-refractivity contribution >= 4 is 5.57 Å². The smallest absolute Gasteiger partial charge is 0.138 e. The molecule has 0 aliphatic carbocycles. The summed E-state index contributed by atoms with van der Waals surface area (Å²) in [5.74, 6) is 0.878. The van der Waals surface area contributed by atoms with Crippen LogP contribution in [-0.4, -0.2) is 11.7 Å². The van der Waals surface area contributed by atoms with Crippen molar-refractivity contribution in [2.45, 2.75) is 26.8 Å². The van der Waals surface area contributed by atoms with Gasteiger partial charge in [0.1, 0.15) is 5.76 Å². The van der Waals surface area contributed by atoms with E-state index in [0.717, 1.165) is 29.1 Å². The van der Waals surface area contributed by atoms with Crippen LogP contribution >= 0.6 is 0 Å². The van der Waals surface area contributed by atoms with Gasteiger partial charge in [-0.05, 0) is 31.9 Å². The highest BCUT2D eigenvalue weighted by atomic mass is 16.5. The molecule has 3 nitrogen and oxygen atoms in total. The third-order valence-electron chi connectivity index (χ3n) is 3.33. The minimum absolute atomic E-state index is 0.201.